The van der Waals surface area contributed by atoms with E-state index in [1.807, 2.05) is 6.07 Å². The largest absolute Gasteiger partial charge is 0.490 e. The summed E-state index contributed by atoms with van der Waals surface area (Å²) < 4.78 is 10.8. The topological polar surface area (TPSA) is 85.3 Å². The summed E-state index contributed by atoms with van der Waals surface area (Å²) in [6.45, 7) is 0.376. The fourth-order valence-electron chi connectivity index (χ4n) is 1.32. The highest BCUT2D eigenvalue weighted by atomic mass is 127. The molecule has 0 amide bonds. The average molecular weight is 360 g/mol. The van der Waals surface area contributed by atoms with Gasteiger partial charge in [0.1, 0.15) is 0 Å². The number of ether oxygens (including phenoxy) is 2. The molecule has 0 fully saturated rings. The van der Waals surface area contributed by atoms with Gasteiger partial charge in [0.05, 0.1) is 34.6 Å². The highest BCUT2D eigenvalue weighted by Crippen LogP contribution is 2.29. The van der Waals surface area contributed by atoms with E-state index in [1.54, 1.807) is 12.1 Å². The highest BCUT2D eigenvalue weighted by molar-refractivity contribution is 14.1. The Kier molecular flexibility index (Phi) is 5.71. The minimum atomic E-state index is -0.263. The lowest BCUT2D eigenvalue weighted by atomic mass is 10.2. The van der Waals surface area contributed by atoms with Crippen LogP contribution in [-0.4, -0.2) is 19.7 Å². The summed E-state index contributed by atoms with van der Waals surface area (Å²) in [6, 6.07) is 5.29. The molecule has 0 aliphatic carbocycles. The lowest BCUT2D eigenvalue weighted by Crippen LogP contribution is -2.06. The molecule has 18 heavy (non-hydrogen) atoms. The standard InChI is InChI=1S/C12H13IN2O3/c1-17-11(16)3-2-4-18-12-9(13)5-8(7-14)6-10(12)15/h5-6H,2-4,15H2,1H3. The molecule has 0 bridgehead atoms. The van der Waals surface area contributed by atoms with Gasteiger partial charge in [-0.15, -0.1) is 0 Å². The molecule has 0 heterocycles. The molecular formula is C12H13IN2O3. The number of carbonyl (C=O) groups is 1. The third-order valence-electron chi connectivity index (χ3n) is 2.20. The Hall–Kier alpha value is -1.49. The zero-order valence-corrected chi connectivity index (χ0v) is 12.1. The number of anilines is 1. The third-order valence-corrected chi connectivity index (χ3v) is 3.00. The monoisotopic (exact) mass is 360 g/mol. The first-order valence-corrected chi connectivity index (χ1v) is 6.35. The van der Waals surface area contributed by atoms with Crippen molar-refractivity contribution >= 4 is 34.2 Å². The van der Waals surface area contributed by atoms with Crippen molar-refractivity contribution in [3.05, 3.63) is 21.3 Å². The van der Waals surface area contributed by atoms with Crippen LogP contribution in [0.5, 0.6) is 5.75 Å². The lowest BCUT2D eigenvalue weighted by molar-refractivity contribution is -0.140. The number of hydrogen-bond acceptors (Lipinski definition) is 5. The van der Waals surface area contributed by atoms with Crippen LogP contribution in [0.3, 0.4) is 0 Å². The van der Waals surface area contributed by atoms with Crippen LogP contribution < -0.4 is 10.5 Å². The van der Waals surface area contributed by atoms with Crippen molar-refractivity contribution < 1.29 is 14.3 Å². The molecule has 0 spiro atoms. The van der Waals surface area contributed by atoms with Crippen molar-refractivity contribution in [2.24, 2.45) is 0 Å². The molecule has 0 unspecified atom stereocenters. The van der Waals surface area contributed by atoms with E-state index in [0.29, 0.717) is 36.4 Å². The summed E-state index contributed by atoms with van der Waals surface area (Å²) in [5.41, 5.74) is 6.72. The number of hydrogen-bond donors (Lipinski definition) is 1. The van der Waals surface area contributed by atoms with Crippen LogP contribution in [0.2, 0.25) is 0 Å². The first kappa shape index (κ1) is 14.6. The maximum Gasteiger partial charge on any atom is 0.305 e. The van der Waals surface area contributed by atoms with Gasteiger partial charge in [-0.05, 0) is 41.1 Å². The van der Waals surface area contributed by atoms with E-state index in [0.717, 1.165) is 3.57 Å². The Morgan fingerprint density at radius 2 is 2.28 bits per heavy atom. The van der Waals surface area contributed by atoms with Crippen LogP contribution in [0, 0.1) is 14.9 Å². The predicted molar refractivity (Wildman–Crippen MR) is 75.0 cm³/mol. The van der Waals surface area contributed by atoms with Crippen molar-refractivity contribution in [1.82, 2.24) is 0 Å². The molecular weight excluding hydrogens is 347 g/mol. The van der Waals surface area contributed by atoms with Gasteiger partial charge in [-0.25, -0.2) is 0 Å². The zero-order valence-electron chi connectivity index (χ0n) is 9.90. The fraction of sp³-hybridized carbons (Fsp3) is 0.333. The summed E-state index contributed by atoms with van der Waals surface area (Å²) in [7, 11) is 1.35. The Balaban J connectivity index is 2.58. The number of esters is 1. The molecule has 0 atom stereocenters. The number of nitrogens with zero attached hydrogens (tertiary/aromatic N) is 1. The van der Waals surface area contributed by atoms with E-state index in [1.165, 1.54) is 7.11 Å². The molecule has 1 aromatic carbocycles. The third kappa shape index (κ3) is 4.07. The van der Waals surface area contributed by atoms with Gasteiger partial charge in [-0.2, -0.15) is 5.26 Å². The average Bonchev–Trinajstić information content (AvgIpc) is 2.36. The minimum absolute atomic E-state index is 0.263. The van der Waals surface area contributed by atoms with Gasteiger partial charge < -0.3 is 15.2 Å². The Bertz CT molecular complexity index is 460. The highest BCUT2D eigenvalue weighted by Gasteiger charge is 2.09. The number of halogens is 1. The minimum Gasteiger partial charge on any atom is -0.490 e. The van der Waals surface area contributed by atoms with Crippen LogP contribution in [0.1, 0.15) is 18.4 Å². The predicted octanol–water partition coefficient (Wildman–Crippen LogP) is 2.08. The number of benzene rings is 1. The summed E-state index contributed by atoms with van der Waals surface area (Å²) in [5.74, 6) is 0.292. The van der Waals surface area contributed by atoms with E-state index in [2.05, 4.69) is 27.3 Å². The van der Waals surface area contributed by atoms with Gasteiger partial charge in [0.2, 0.25) is 0 Å². The normalized spacial score (nSPS) is 9.61. The van der Waals surface area contributed by atoms with Crippen molar-refractivity contribution in [1.29, 1.82) is 5.26 Å². The Labute approximate surface area is 119 Å². The lowest BCUT2D eigenvalue weighted by Gasteiger charge is -2.10. The second kappa shape index (κ2) is 7.06. The Morgan fingerprint density at radius 1 is 1.56 bits per heavy atom. The van der Waals surface area contributed by atoms with Crippen molar-refractivity contribution in [2.75, 3.05) is 19.5 Å². The molecule has 1 rings (SSSR count). The number of rotatable bonds is 5. The van der Waals surface area contributed by atoms with Gasteiger partial charge in [0.25, 0.3) is 0 Å². The van der Waals surface area contributed by atoms with Crippen molar-refractivity contribution in [2.45, 2.75) is 12.8 Å². The molecule has 0 saturated heterocycles. The smallest absolute Gasteiger partial charge is 0.305 e. The quantitative estimate of drug-likeness (QED) is 0.376. The van der Waals surface area contributed by atoms with E-state index in [4.69, 9.17) is 15.7 Å². The van der Waals surface area contributed by atoms with Crippen molar-refractivity contribution in [3.63, 3.8) is 0 Å². The van der Waals surface area contributed by atoms with Crippen LogP contribution >= 0.6 is 22.6 Å². The molecule has 0 aromatic heterocycles. The molecule has 1 aromatic rings. The van der Waals surface area contributed by atoms with Crippen LogP contribution in [0.25, 0.3) is 0 Å². The number of carbonyl (C=O) groups excluding carboxylic acids is 1. The van der Waals surface area contributed by atoms with Crippen LogP contribution in [0.15, 0.2) is 12.1 Å². The summed E-state index contributed by atoms with van der Waals surface area (Å²) in [6.07, 6.45) is 0.867. The van der Waals surface area contributed by atoms with Gasteiger partial charge in [-0.3, -0.25) is 4.79 Å². The van der Waals surface area contributed by atoms with Gasteiger partial charge >= 0.3 is 5.97 Å². The van der Waals surface area contributed by atoms with Gasteiger partial charge in [-0.1, -0.05) is 0 Å². The Morgan fingerprint density at radius 3 is 2.83 bits per heavy atom. The molecule has 0 aliphatic heterocycles. The molecule has 0 aliphatic rings. The SMILES string of the molecule is COC(=O)CCCOc1c(N)cc(C#N)cc1I. The number of nitrogen functional groups attached to an aromatic ring is 1. The summed E-state index contributed by atoms with van der Waals surface area (Å²) in [4.78, 5) is 10.9. The second-order valence-corrected chi connectivity index (χ2v) is 4.68. The van der Waals surface area contributed by atoms with E-state index < -0.39 is 0 Å². The molecule has 2 N–H and O–H groups in total. The van der Waals surface area contributed by atoms with Crippen LogP contribution in [0.4, 0.5) is 5.69 Å². The number of nitrogens with two attached hydrogens (primary N) is 1. The molecule has 0 saturated carbocycles. The zero-order chi connectivity index (χ0) is 13.5. The number of methoxy groups -OCH3 is 1. The summed E-state index contributed by atoms with van der Waals surface area (Å²) >= 11 is 2.06. The maximum atomic E-state index is 10.9. The first-order chi connectivity index (χ1) is 8.58. The molecule has 5 nitrogen and oxygen atoms in total. The van der Waals surface area contributed by atoms with Crippen molar-refractivity contribution in [3.8, 4) is 11.8 Å². The van der Waals surface area contributed by atoms with E-state index >= 15 is 0 Å². The molecule has 96 valence electrons. The molecule has 6 heteroatoms. The molecule has 0 radical (unpaired) electrons. The second-order valence-electron chi connectivity index (χ2n) is 3.52. The number of nitriles is 1. The van der Waals surface area contributed by atoms with Gasteiger partial charge in [0, 0.05) is 6.42 Å². The fourth-order valence-corrected chi connectivity index (χ4v) is 2.13. The maximum absolute atomic E-state index is 10.9. The van der Waals surface area contributed by atoms with Crippen LogP contribution in [-0.2, 0) is 9.53 Å². The summed E-state index contributed by atoms with van der Waals surface area (Å²) in [5, 5.41) is 8.78. The van der Waals surface area contributed by atoms with Gasteiger partial charge in [0.15, 0.2) is 5.75 Å². The van der Waals surface area contributed by atoms with E-state index in [-0.39, 0.29) is 5.97 Å². The van der Waals surface area contributed by atoms with E-state index in [9.17, 15) is 4.79 Å². The first-order valence-electron chi connectivity index (χ1n) is 5.27.